The number of likely N-dealkylation sites (tertiary alicyclic amines) is 1. The van der Waals surface area contributed by atoms with E-state index < -0.39 is 0 Å². The summed E-state index contributed by atoms with van der Waals surface area (Å²) in [5, 5.41) is 9.96. The number of hydrogen-bond acceptors (Lipinski definition) is 3. The largest absolute Gasteiger partial charge is 0.394 e. The Labute approximate surface area is 172 Å². The first-order valence-corrected chi connectivity index (χ1v) is 10.3. The molecule has 1 aliphatic heterocycles. The van der Waals surface area contributed by atoms with Gasteiger partial charge >= 0.3 is 0 Å². The number of amides is 2. The molecule has 0 spiro atoms. The van der Waals surface area contributed by atoms with Gasteiger partial charge in [0.25, 0.3) is 0 Å². The van der Waals surface area contributed by atoms with Gasteiger partial charge in [-0.1, -0.05) is 61.5 Å². The van der Waals surface area contributed by atoms with Gasteiger partial charge in [0, 0.05) is 32.4 Å². The predicted molar refractivity (Wildman–Crippen MR) is 114 cm³/mol. The summed E-state index contributed by atoms with van der Waals surface area (Å²) in [4.78, 5) is 28.0. The van der Waals surface area contributed by atoms with Crippen LogP contribution in [0.2, 0.25) is 0 Å². The van der Waals surface area contributed by atoms with Crippen molar-refractivity contribution < 1.29 is 14.7 Å². The fourth-order valence-electron chi connectivity index (χ4n) is 4.45. The van der Waals surface area contributed by atoms with E-state index in [0.29, 0.717) is 19.5 Å². The summed E-state index contributed by atoms with van der Waals surface area (Å²) >= 11 is 0. The van der Waals surface area contributed by atoms with Crippen molar-refractivity contribution in [1.82, 2.24) is 9.80 Å². The molecule has 1 N–H and O–H groups in total. The minimum atomic E-state index is -0.254. The summed E-state index contributed by atoms with van der Waals surface area (Å²) in [5.74, 6) is 0.0280. The first-order valence-electron chi connectivity index (χ1n) is 10.3. The van der Waals surface area contributed by atoms with E-state index in [2.05, 4.69) is 36.4 Å². The standard InChI is InChI=1S/C24H30N2O3/c1-4-23(29)25(5-2)15-21-24(22(16-27)26(21)17(3)28)20-13-11-19(12-14-20)18-9-7-6-8-10-18/h6-14,21-22,24,27H,4-5,15-16H2,1-3H3/t21-,22+,24-/m1/s1. The van der Waals surface area contributed by atoms with Gasteiger partial charge in [-0.25, -0.2) is 0 Å². The van der Waals surface area contributed by atoms with Gasteiger partial charge in [-0.15, -0.1) is 0 Å². The lowest BCUT2D eigenvalue weighted by molar-refractivity contribution is -0.152. The zero-order chi connectivity index (χ0) is 21.0. The number of nitrogens with zero attached hydrogens (tertiary/aromatic N) is 2. The third-order valence-electron chi connectivity index (χ3n) is 5.94. The molecular weight excluding hydrogens is 364 g/mol. The van der Waals surface area contributed by atoms with Crippen LogP contribution in [0.4, 0.5) is 0 Å². The van der Waals surface area contributed by atoms with Crippen LogP contribution in [-0.2, 0) is 9.59 Å². The molecule has 5 nitrogen and oxygen atoms in total. The lowest BCUT2D eigenvalue weighted by Gasteiger charge is -2.55. The number of likely N-dealkylation sites (N-methyl/N-ethyl adjacent to an activating group) is 1. The molecule has 29 heavy (non-hydrogen) atoms. The molecule has 2 aromatic rings. The van der Waals surface area contributed by atoms with Crippen LogP contribution in [0.3, 0.4) is 0 Å². The van der Waals surface area contributed by atoms with Gasteiger partial charge in [-0.2, -0.15) is 0 Å². The average Bonchev–Trinajstić information content (AvgIpc) is 2.73. The summed E-state index contributed by atoms with van der Waals surface area (Å²) < 4.78 is 0. The number of benzene rings is 2. The van der Waals surface area contributed by atoms with E-state index in [0.717, 1.165) is 16.7 Å². The number of hydrogen-bond donors (Lipinski definition) is 1. The van der Waals surface area contributed by atoms with Crippen LogP contribution in [0.5, 0.6) is 0 Å². The maximum absolute atomic E-state index is 12.3. The molecule has 0 bridgehead atoms. The van der Waals surface area contributed by atoms with Crippen molar-refractivity contribution in [2.24, 2.45) is 0 Å². The summed E-state index contributed by atoms with van der Waals surface area (Å²) in [7, 11) is 0. The normalized spacial score (nSPS) is 20.8. The molecule has 3 rings (SSSR count). The molecule has 0 aliphatic carbocycles. The van der Waals surface area contributed by atoms with E-state index in [1.165, 1.54) is 6.92 Å². The van der Waals surface area contributed by atoms with E-state index in [-0.39, 0.29) is 36.4 Å². The van der Waals surface area contributed by atoms with Crippen molar-refractivity contribution in [3.8, 4) is 11.1 Å². The molecule has 2 amide bonds. The number of carbonyl (C=O) groups excluding carboxylic acids is 2. The summed E-state index contributed by atoms with van der Waals surface area (Å²) in [6, 6.07) is 18.1. The quantitative estimate of drug-likeness (QED) is 0.784. The van der Waals surface area contributed by atoms with Crippen molar-refractivity contribution in [2.75, 3.05) is 19.7 Å². The third-order valence-corrected chi connectivity index (χ3v) is 5.94. The van der Waals surface area contributed by atoms with Gasteiger partial charge in [0.15, 0.2) is 0 Å². The van der Waals surface area contributed by atoms with Crippen molar-refractivity contribution in [1.29, 1.82) is 0 Å². The topological polar surface area (TPSA) is 60.9 Å². The Morgan fingerprint density at radius 3 is 2.10 bits per heavy atom. The highest BCUT2D eigenvalue weighted by atomic mass is 16.3. The van der Waals surface area contributed by atoms with Gasteiger partial charge in [-0.05, 0) is 23.6 Å². The fraction of sp³-hybridized carbons (Fsp3) is 0.417. The van der Waals surface area contributed by atoms with Gasteiger partial charge in [0.2, 0.25) is 11.8 Å². The molecule has 154 valence electrons. The second-order valence-electron chi connectivity index (χ2n) is 7.54. The SMILES string of the molecule is CCC(=O)N(CC)C[C@@H]1[C@@H](c2ccc(-c3ccccc3)cc2)[C@H](CO)N1C(C)=O. The smallest absolute Gasteiger partial charge is 0.222 e. The maximum atomic E-state index is 12.3. The summed E-state index contributed by atoms with van der Waals surface area (Å²) in [6.07, 6.45) is 0.445. The number of aliphatic hydroxyl groups is 1. The first-order chi connectivity index (χ1) is 14.0. The van der Waals surface area contributed by atoms with Gasteiger partial charge < -0.3 is 14.9 Å². The lowest BCUT2D eigenvalue weighted by atomic mass is 9.74. The Hall–Kier alpha value is -2.66. The van der Waals surface area contributed by atoms with E-state index in [9.17, 15) is 14.7 Å². The van der Waals surface area contributed by atoms with E-state index >= 15 is 0 Å². The summed E-state index contributed by atoms with van der Waals surface area (Å²) in [6.45, 7) is 6.35. The van der Waals surface area contributed by atoms with E-state index in [1.807, 2.05) is 32.0 Å². The highest BCUT2D eigenvalue weighted by Gasteiger charge is 2.50. The highest BCUT2D eigenvalue weighted by Crippen LogP contribution is 2.41. The lowest BCUT2D eigenvalue weighted by Crippen LogP contribution is -2.68. The molecule has 1 fully saturated rings. The Balaban J connectivity index is 1.87. The number of aliphatic hydroxyl groups excluding tert-OH is 1. The van der Waals surface area contributed by atoms with Crippen molar-refractivity contribution in [3.63, 3.8) is 0 Å². The number of rotatable bonds is 7. The highest BCUT2D eigenvalue weighted by molar-refractivity contribution is 5.78. The molecule has 1 heterocycles. The Bertz CT molecular complexity index is 835. The van der Waals surface area contributed by atoms with Crippen molar-refractivity contribution in [2.45, 2.75) is 45.2 Å². The molecule has 2 aromatic carbocycles. The summed E-state index contributed by atoms with van der Waals surface area (Å²) in [5.41, 5.74) is 3.37. The minimum Gasteiger partial charge on any atom is -0.394 e. The third kappa shape index (κ3) is 4.20. The van der Waals surface area contributed by atoms with Gasteiger partial charge in [-0.3, -0.25) is 9.59 Å². The molecule has 1 saturated heterocycles. The maximum Gasteiger partial charge on any atom is 0.222 e. The second kappa shape index (κ2) is 9.23. The molecular formula is C24H30N2O3. The zero-order valence-electron chi connectivity index (χ0n) is 17.4. The van der Waals surface area contributed by atoms with Crippen LogP contribution in [0.15, 0.2) is 54.6 Å². The molecule has 0 radical (unpaired) electrons. The van der Waals surface area contributed by atoms with Crippen LogP contribution in [0.25, 0.3) is 11.1 Å². The predicted octanol–water partition coefficient (Wildman–Crippen LogP) is 3.29. The van der Waals surface area contributed by atoms with Crippen LogP contribution in [0, 0.1) is 0 Å². The van der Waals surface area contributed by atoms with Gasteiger partial charge in [0.05, 0.1) is 18.7 Å². The number of carbonyl (C=O) groups is 2. The molecule has 0 unspecified atom stereocenters. The molecule has 0 saturated carbocycles. The fourth-order valence-corrected chi connectivity index (χ4v) is 4.45. The average molecular weight is 395 g/mol. The Kier molecular flexibility index (Phi) is 6.70. The van der Waals surface area contributed by atoms with E-state index in [4.69, 9.17) is 0 Å². The van der Waals surface area contributed by atoms with Crippen LogP contribution >= 0.6 is 0 Å². The monoisotopic (exact) mass is 394 g/mol. The molecule has 1 aliphatic rings. The Morgan fingerprint density at radius 2 is 1.59 bits per heavy atom. The van der Waals surface area contributed by atoms with Crippen LogP contribution in [0.1, 0.15) is 38.7 Å². The van der Waals surface area contributed by atoms with E-state index in [1.54, 1.807) is 9.80 Å². The zero-order valence-corrected chi connectivity index (χ0v) is 17.4. The first kappa shape index (κ1) is 21.1. The molecule has 0 aromatic heterocycles. The molecule has 3 atom stereocenters. The van der Waals surface area contributed by atoms with Gasteiger partial charge in [0.1, 0.15) is 0 Å². The molecule has 5 heteroatoms. The Morgan fingerprint density at radius 1 is 0.966 bits per heavy atom. The van der Waals surface area contributed by atoms with Crippen molar-refractivity contribution >= 4 is 11.8 Å². The van der Waals surface area contributed by atoms with Crippen LogP contribution in [-0.4, -0.2) is 58.5 Å². The van der Waals surface area contributed by atoms with Crippen LogP contribution < -0.4 is 0 Å². The van der Waals surface area contributed by atoms with Crippen molar-refractivity contribution in [3.05, 3.63) is 60.2 Å². The minimum absolute atomic E-state index is 0.00688. The second-order valence-corrected chi connectivity index (χ2v) is 7.54.